The fourth-order valence-corrected chi connectivity index (χ4v) is 2.76. The van der Waals surface area contributed by atoms with E-state index >= 15 is 0 Å². The van der Waals surface area contributed by atoms with E-state index in [9.17, 15) is 9.18 Å². The lowest BCUT2D eigenvalue weighted by Crippen LogP contribution is -2.56. The summed E-state index contributed by atoms with van der Waals surface area (Å²) in [5, 5.41) is 0. The highest BCUT2D eigenvalue weighted by molar-refractivity contribution is 6.04. The summed E-state index contributed by atoms with van der Waals surface area (Å²) < 4.78 is 18.6. The second-order valence-corrected chi connectivity index (χ2v) is 5.52. The number of ketones is 1. The minimum Gasteiger partial charge on any atom is -0.379 e. The Morgan fingerprint density at radius 2 is 2.05 bits per heavy atom. The Balaban J connectivity index is 2.32. The van der Waals surface area contributed by atoms with E-state index in [-0.39, 0.29) is 11.6 Å². The summed E-state index contributed by atoms with van der Waals surface area (Å²) in [5.74, 6) is -0.233. The number of benzene rings is 1. The van der Waals surface area contributed by atoms with Crippen molar-refractivity contribution < 1.29 is 13.9 Å². The molecular formula is C16H22FNO2. The maximum atomic E-state index is 13.2. The fraction of sp³-hybridized carbons (Fsp3) is 0.562. The van der Waals surface area contributed by atoms with E-state index in [1.54, 1.807) is 13.0 Å². The first-order valence-electron chi connectivity index (χ1n) is 7.13. The van der Waals surface area contributed by atoms with Gasteiger partial charge in [-0.3, -0.25) is 9.69 Å². The number of halogens is 1. The third-order valence-corrected chi connectivity index (χ3v) is 4.32. The lowest BCUT2D eigenvalue weighted by atomic mass is 9.85. The van der Waals surface area contributed by atoms with Crippen molar-refractivity contribution in [2.75, 3.05) is 26.3 Å². The average molecular weight is 279 g/mol. The number of carbonyl (C=O) groups excluding carboxylic acids is 1. The third-order valence-electron chi connectivity index (χ3n) is 4.32. The first-order chi connectivity index (χ1) is 9.49. The van der Waals surface area contributed by atoms with Gasteiger partial charge in [-0.25, -0.2) is 4.39 Å². The molecule has 0 radical (unpaired) electrons. The lowest BCUT2D eigenvalue weighted by molar-refractivity contribution is -0.0106. The maximum absolute atomic E-state index is 13.2. The highest BCUT2D eigenvalue weighted by atomic mass is 19.1. The molecule has 0 N–H and O–H groups in total. The summed E-state index contributed by atoms with van der Waals surface area (Å²) in [6.07, 6.45) is 0.725. The summed E-state index contributed by atoms with van der Waals surface area (Å²) in [5.41, 5.74) is 0.761. The molecule has 1 aliphatic heterocycles. The zero-order chi connectivity index (χ0) is 14.8. The predicted molar refractivity (Wildman–Crippen MR) is 76.6 cm³/mol. The number of ether oxygens (including phenoxy) is 1. The fourth-order valence-electron chi connectivity index (χ4n) is 2.76. The number of hydrogen-bond donors (Lipinski definition) is 0. The van der Waals surface area contributed by atoms with Crippen LogP contribution in [0.5, 0.6) is 0 Å². The largest absolute Gasteiger partial charge is 0.379 e. The normalized spacial score (nSPS) is 19.6. The lowest BCUT2D eigenvalue weighted by Gasteiger charge is -2.41. The van der Waals surface area contributed by atoms with Gasteiger partial charge in [-0.15, -0.1) is 0 Å². The molecule has 20 heavy (non-hydrogen) atoms. The monoisotopic (exact) mass is 279 g/mol. The van der Waals surface area contributed by atoms with Crippen LogP contribution in [0.4, 0.5) is 4.39 Å². The van der Waals surface area contributed by atoms with Gasteiger partial charge >= 0.3 is 0 Å². The molecule has 0 saturated carbocycles. The second kappa shape index (κ2) is 6.02. The minimum absolute atomic E-state index is 0.0689. The SMILES string of the molecule is CCC(C)(C(=O)c1ccc(F)cc1C)N1CCOCC1. The van der Waals surface area contributed by atoms with Crippen molar-refractivity contribution in [3.8, 4) is 0 Å². The first-order valence-corrected chi connectivity index (χ1v) is 7.13. The van der Waals surface area contributed by atoms with Crippen molar-refractivity contribution >= 4 is 5.78 Å². The number of aryl methyl sites for hydroxylation is 1. The van der Waals surface area contributed by atoms with E-state index in [4.69, 9.17) is 4.74 Å². The maximum Gasteiger partial charge on any atom is 0.183 e. The molecule has 0 spiro atoms. The molecule has 1 fully saturated rings. The van der Waals surface area contributed by atoms with Gasteiger partial charge in [0, 0.05) is 18.7 Å². The molecule has 110 valence electrons. The van der Waals surface area contributed by atoms with Gasteiger partial charge in [-0.05, 0) is 44.0 Å². The van der Waals surface area contributed by atoms with E-state index in [1.807, 2.05) is 13.8 Å². The zero-order valence-corrected chi connectivity index (χ0v) is 12.4. The van der Waals surface area contributed by atoms with Gasteiger partial charge in [0.2, 0.25) is 0 Å². The van der Waals surface area contributed by atoms with E-state index in [2.05, 4.69) is 4.90 Å². The first kappa shape index (κ1) is 15.1. The van der Waals surface area contributed by atoms with Gasteiger partial charge in [0.15, 0.2) is 5.78 Å². The molecule has 0 bridgehead atoms. The van der Waals surface area contributed by atoms with Gasteiger partial charge in [0.25, 0.3) is 0 Å². The molecule has 1 aromatic rings. The molecule has 1 saturated heterocycles. The van der Waals surface area contributed by atoms with E-state index < -0.39 is 5.54 Å². The van der Waals surface area contributed by atoms with Gasteiger partial charge in [0.1, 0.15) is 5.82 Å². The quantitative estimate of drug-likeness (QED) is 0.794. The molecule has 1 heterocycles. The molecule has 0 amide bonds. The molecule has 1 atom stereocenters. The van der Waals surface area contributed by atoms with E-state index in [0.717, 1.165) is 19.5 Å². The van der Waals surface area contributed by atoms with Crippen LogP contribution in [0.25, 0.3) is 0 Å². The molecule has 1 unspecified atom stereocenters. The highest BCUT2D eigenvalue weighted by Gasteiger charge is 2.39. The van der Waals surface area contributed by atoms with Crippen molar-refractivity contribution in [2.24, 2.45) is 0 Å². The van der Waals surface area contributed by atoms with Gasteiger partial charge in [0.05, 0.1) is 18.8 Å². The Morgan fingerprint density at radius 1 is 1.40 bits per heavy atom. The Hall–Kier alpha value is -1.26. The van der Waals surface area contributed by atoms with E-state index in [1.165, 1.54) is 12.1 Å². The molecule has 0 aromatic heterocycles. The third kappa shape index (κ3) is 2.76. The smallest absolute Gasteiger partial charge is 0.183 e. The van der Waals surface area contributed by atoms with Crippen molar-refractivity contribution in [1.29, 1.82) is 0 Å². The van der Waals surface area contributed by atoms with Crippen LogP contribution in [0.2, 0.25) is 0 Å². The highest BCUT2D eigenvalue weighted by Crippen LogP contribution is 2.27. The van der Waals surface area contributed by atoms with Crippen molar-refractivity contribution in [3.63, 3.8) is 0 Å². The molecule has 1 aromatic carbocycles. The molecule has 2 rings (SSSR count). The van der Waals surface area contributed by atoms with Crippen LogP contribution in [-0.4, -0.2) is 42.5 Å². The number of carbonyl (C=O) groups is 1. The summed E-state index contributed by atoms with van der Waals surface area (Å²) >= 11 is 0. The topological polar surface area (TPSA) is 29.5 Å². The van der Waals surface area contributed by atoms with Crippen LogP contribution in [0.1, 0.15) is 36.2 Å². The van der Waals surface area contributed by atoms with Crippen LogP contribution < -0.4 is 0 Å². The van der Waals surface area contributed by atoms with E-state index in [0.29, 0.717) is 24.3 Å². The van der Waals surface area contributed by atoms with Gasteiger partial charge < -0.3 is 4.74 Å². The number of rotatable bonds is 4. The average Bonchev–Trinajstić information content (AvgIpc) is 2.46. The Bertz CT molecular complexity index is 497. The zero-order valence-electron chi connectivity index (χ0n) is 12.4. The number of morpholine rings is 1. The van der Waals surface area contributed by atoms with Gasteiger partial charge in [-0.2, -0.15) is 0 Å². The van der Waals surface area contributed by atoms with Crippen LogP contribution in [0.3, 0.4) is 0 Å². The van der Waals surface area contributed by atoms with Crippen LogP contribution in [0.15, 0.2) is 18.2 Å². The minimum atomic E-state index is -0.549. The number of nitrogens with zero attached hydrogens (tertiary/aromatic N) is 1. The molecule has 1 aliphatic rings. The van der Waals surface area contributed by atoms with Crippen LogP contribution in [0, 0.1) is 12.7 Å². The van der Waals surface area contributed by atoms with Gasteiger partial charge in [-0.1, -0.05) is 6.92 Å². The summed E-state index contributed by atoms with van der Waals surface area (Å²) in [6.45, 7) is 8.62. The standard InChI is InChI=1S/C16H22FNO2/c1-4-16(3,18-7-9-20-10-8-18)15(19)14-6-5-13(17)11-12(14)2/h5-6,11H,4,7-10H2,1-3H3. The van der Waals surface area contributed by atoms with Crippen molar-refractivity contribution in [1.82, 2.24) is 4.90 Å². The molecule has 4 heteroatoms. The number of Topliss-reactive ketones (excluding diaryl/α,β-unsaturated/α-hetero) is 1. The van der Waals surface area contributed by atoms with Crippen LogP contribution >= 0.6 is 0 Å². The molecular weight excluding hydrogens is 257 g/mol. The summed E-state index contributed by atoms with van der Waals surface area (Å²) in [6, 6.07) is 4.37. The molecule has 0 aliphatic carbocycles. The predicted octanol–water partition coefficient (Wildman–Crippen LogP) is 2.82. The van der Waals surface area contributed by atoms with Crippen molar-refractivity contribution in [2.45, 2.75) is 32.7 Å². The molecule has 3 nitrogen and oxygen atoms in total. The Labute approximate surface area is 119 Å². The Morgan fingerprint density at radius 3 is 2.60 bits per heavy atom. The summed E-state index contributed by atoms with van der Waals surface area (Å²) in [4.78, 5) is 15.1. The summed E-state index contributed by atoms with van der Waals surface area (Å²) in [7, 11) is 0. The van der Waals surface area contributed by atoms with Crippen molar-refractivity contribution in [3.05, 3.63) is 35.1 Å². The Kier molecular flexibility index (Phi) is 4.55. The number of hydrogen-bond acceptors (Lipinski definition) is 3. The second-order valence-electron chi connectivity index (χ2n) is 5.52. The van der Waals surface area contributed by atoms with Crippen LogP contribution in [-0.2, 0) is 4.74 Å².